The van der Waals surface area contributed by atoms with Crippen molar-refractivity contribution in [2.75, 3.05) is 13.1 Å². The van der Waals surface area contributed by atoms with Crippen molar-refractivity contribution in [3.8, 4) is 0 Å². The Morgan fingerprint density at radius 1 is 1.80 bits per heavy atom. The molecular formula is C7H12NO2. The second kappa shape index (κ2) is 3.01. The second-order valence-corrected chi connectivity index (χ2v) is 2.52. The summed E-state index contributed by atoms with van der Waals surface area (Å²) >= 11 is 0. The number of aliphatic hydroxyl groups excluding tert-OH is 1. The number of amides is 1. The largest absolute Gasteiger partial charge is 0.391 e. The van der Waals surface area contributed by atoms with Gasteiger partial charge in [-0.2, -0.15) is 0 Å². The molecule has 0 aromatic heterocycles. The standard InChI is InChI=1S/C7H12NO2/c1-2-7(10)8-4-3-6(9)5-8/h2,6,9H,3-5H2,1H3/t6-/m1/s1. The Labute approximate surface area is 60.6 Å². The van der Waals surface area contributed by atoms with Gasteiger partial charge in [0.15, 0.2) is 0 Å². The van der Waals surface area contributed by atoms with Crippen LogP contribution < -0.4 is 0 Å². The minimum Gasteiger partial charge on any atom is -0.391 e. The van der Waals surface area contributed by atoms with Gasteiger partial charge in [0.2, 0.25) is 5.91 Å². The topological polar surface area (TPSA) is 40.5 Å². The first-order chi connectivity index (χ1) is 4.74. The summed E-state index contributed by atoms with van der Waals surface area (Å²) in [6.07, 6.45) is 1.95. The number of likely N-dealkylation sites (tertiary alicyclic amines) is 1. The maximum Gasteiger partial charge on any atom is 0.226 e. The predicted molar refractivity (Wildman–Crippen MR) is 37.2 cm³/mol. The minimum atomic E-state index is -0.302. The first-order valence-electron chi connectivity index (χ1n) is 3.50. The molecule has 3 heteroatoms. The van der Waals surface area contributed by atoms with Gasteiger partial charge in [0.05, 0.1) is 6.10 Å². The lowest BCUT2D eigenvalue weighted by atomic mass is 10.3. The van der Waals surface area contributed by atoms with Crippen LogP contribution in [0.5, 0.6) is 0 Å². The van der Waals surface area contributed by atoms with Crippen LogP contribution in [0, 0.1) is 6.42 Å². The number of aliphatic hydroxyl groups is 1. The summed E-state index contributed by atoms with van der Waals surface area (Å²) in [6, 6.07) is 0. The SMILES string of the molecule is C[CH]C(=O)N1CC[C@@H](O)C1. The molecule has 0 aliphatic carbocycles. The molecule has 1 fully saturated rings. The fraction of sp³-hybridized carbons (Fsp3) is 0.714. The molecule has 3 nitrogen and oxygen atoms in total. The van der Waals surface area contributed by atoms with E-state index in [0.717, 1.165) is 6.42 Å². The summed E-state index contributed by atoms with van der Waals surface area (Å²) in [5.74, 6) is 0.0246. The van der Waals surface area contributed by atoms with Crippen LogP contribution in [0.1, 0.15) is 13.3 Å². The third-order valence-electron chi connectivity index (χ3n) is 1.72. The van der Waals surface area contributed by atoms with Gasteiger partial charge in [-0.1, -0.05) is 6.92 Å². The number of carbonyl (C=O) groups is 1. The van der Waals surface area contributed by atoms with Crippen molar-refractivity contribution >= 4 is 5.91 Å². The summed E-state index contributed by atoms with van der Waals surface area (Å²) in [5, 5.41) is 9.04. The Morgan fingerprint density at radius 3 is 2.90 bits per heavy atom. The molecule has 1 amide bonds. The monoisotopic (exact) mass is 142 g/mol. The Balaban J connectivity index is 2.37. The smallest absolute Gasteiger partial charge is 0.226 e. The van der Waals surface area contributed by atoms with E-state index in [4.69, 9.17) is 5.11 Å². The van der Waals surface area contributed by atoms with E-state index in [-0.39, 0.29) is 12.0 Å². The Kier molecular flexibility index (Phi) is 2.27. The molecule has 1 saturated heterocycles. The summed E-state index contributed by atoms with van der Waals surface area (Å²) in [5.41, 5.74) is 0. The lowest BCUT2D eigenvalue weighted by Gasteiger charge is -2.12. The Hall–Kier alpha value is -0.570. The average molecular weight is 142 g/mol. The van der Waals surface area contributed by atoms with Crippen LogP contribution in [0.15, 0.2) is 0 Å². The van der Waals surface area contributed by atoms with Gasteiger partial charge in [-0.3, -0.25) is 4.79 Å². The van der Waals surface area contributed by atoms with E-state index in [2.05, 4.69) is 0 Å². The number of nitrogens with zero attached hydrogens (tertiary/aromatic N) is 1. The average Bonchev–Trinajstić information content (AvgIpc) is 2.34. The number of hydrogen-bond acceptors (Lipinski definition) is 2. The van der Waals surface area contributed by atoms with E-state index in [1.54, 1.807) is 11.8 Å². The van der Waals surface area contributed by atoms with E-state index in [1.807, 2.05) is 0 Å². The molecule has 0 aromatic carbocycles. The van der Waals surface area contributed by atoms with Crippen molar-refractivity contribution in [3.05, 3.63) is 6.42 Å². The molecule has 1 N–H and O–H groups in total. The van der Waals surface area contributed by atoms with Crippen molar-refractivity contribution in [2.24, 2.45) is 0 Å². The van der Waals surface area contributed by atoms with Crippen LogP contribution in [0.2, 0.25) is 0 Å². The number of carbonyl (C=O) groups excluding carboxylic acids is 1. The molecule has 0 saturated carbocycles. The lowest BCUT2D eigenvalue weighted by Crippen LogP contribution is -2.28. The van der Waals surface area contributed by atoms with Crippen molar-refractivity contribution in [1.29, 1.82) is 0 Å². The highest BCUT2D eigenvalue weighted by Gasteiger charge is 2.22. The van der Waals surface area contributed by atoms with Gasteiger partial charge >= 0.3 is 0 Å². The van der Waals surface area contributed by atoms with Crippen molar-refractivity contribution in [1.82, 2.24) is 4.90 Å². The molecule has 0 spiro atoms. The van der Waals surface area contributed by atoms with E-state index in [1.165, 1.54) is 6.42 Å². The fourth-order valence-electron chi connectivity index (χ4n) is 1.12. The fourth-order valence-corrected chi connectivity index (χ4v) is 1.12. The van der Waals surface area contributed by atoms with Crippen LogP contribution in [0.25, 0.3) is 0 Å². The van der Waals surface area contributed by atoms with Gasteiger partial charge < -0.3 is 10.0 Å². The van der Waals surface area contributed by atoms with Gasteiger partial charge in [0.1, 0.15) is 0 Å². The maximum absolute atomic E-state index is 10.9. The highest BCUT2D eigenvalue weighted by Crippen LogP contribution is 2.08. The van der Waals surface area contributed by atoms with Gasteiger partial charge in [0, 0.05) is 19.5 Å². The van der Waals surface area contributed by atoms with Crippen molar-refractivity contribution in [3.63, 3.8) is 0 Å². The molecular weight excluding hydrogens is 130 g/mol. The van der Waals surface area contributed by atoms with Gasteiger partial charge in [0.25, 0.3) is 0 Å². The molecule has 1 rings (SSSR count). The number of rotatable bonds is 1. The number of β-amino-alcohol motifs (C(OH)–C–C–N with tert-alkyl or cyclic N) is 1. The summed E-state index contributed by atoms with van der Waals surface area (Å²) < 4.78 is 0. The van der Waals surface area contributed by atoms with E-state index in [0.29, 0.717) is 13.1 Å². The molecule has 10 heavy (non-hydrogen) atoms. The van der Waals surface area contributed by atoms with Crippen LogP contribution in [0.3, 0.4) is 0 Å². The maximum atomic E-state index is 10.9. The van der Waals surface area contributed by atoms with Gasteiger partial charge in [-0.15, -0.1) is 0 Å². The zero-order chi connectivity index (χ0) is 7.56. The van der Waals surface area contributed by atoms with Gasteiger partial charge in [-0.05, 0) is 6.42 Å². The highest BCUT2D eigenvalue weighted by atomic mass is 16.3. The van der Waals surface area contributed by atoms with Crippen molar-refractivity contribution in [2.45, 2.75) is 19.4 Å². The van der Waals surface area contributed by atoms with Crippen LogP contribution in [0.4, 0.5) is 0 Å². The zero-order valence-electron chi connectivity index (χ0n) is 6.08. The lowest BCUT2D eigenvalue weighted by molar-refractivity contribution is -0.126. The highest BCUT2D eigenvalue weighted by molar-refractivity contribution is 5.84. The molecule has 1 aliphatic rings. The Bertz CT molecular complexity index is 136. The van der Waals surface area contributed by atoms with Crippen molar-refractivity contribution < 1.29 is 9.90 Å². The summed E-state index contributed by atoms with van der Waals surface area (Å²) in [7, 11) is 0. The first kappa shape index (κ1) is 7.54. The summed E-state index contributed by atoms with van der Waals surface area (Å²) in [6.45, 7) is 2.92. The Morgan fingerprint density at radius 2 is 2.50 bits per heavy atom. The third kappa shape index (κ3) is 1.48. The number of hydrogen-bond donors (Lipinski definition) is 1. The molecule has 1 aliphatic heterocycles. The van der Waals surface area contributed by atoms with E-state index >= 15 is 0 Å². The minimum absolute atomic E-state index is 0.0246. The quantitative estimate of drug-likeness (QED) is 0.551. The summed E-state index contributed by atoms with van der Waals surface area (Å²) in [4.78, 5) is 12.6. The normalized spacial score (nSPS) is 25.4. The molecule has 0 unspecified atom stereocenters. The van der Waals surface area contributed by atoms with Crippen LogP contribution in [-0.4, -0.2) is 35.1 Å². The molecule has 1 atom stereocenters. The predicted octanol–water partition coefficient (Wildman–Crippen LogP) is -0.196. The molecule has 57 valence electrons. The first-order valence-corrected chi connectivity index (χ1v) is 3.50. The van der Waals surface area contributed by atoms with E-state index < -0.39 is 0 Å². The van der Waals surface area contributed by atoms with E-state index in [9.17, 15) is 4.79 Å². The second-order valence-electron chi connectivity index (χ2n) is 2.52. The molecule has 0 bridgehead atoms. The van der Waals surface area contributed by atoms with Crippen LogP contribution in [-0.2, 0) is 4.79 Å². The van der Waals surface area contributed by atoms with Gasteiger partial charge in [-0.25, -0.2) is 0 Å². The molecule has 1 radical (unpaired) electrons. The zero-order valence-corrected chi connectivity index (χ0v) is 6.08. The molecule has 1 heterocycles. The van der Waals surface area contributed by atoms with Crippen LogP contribution >= 0.6 is 0 Å². The third-order valence-corrected chi connectivity index (χ3v) is 1.72. The molecule has 0 aromatic rings.